The third kappa shape index (κ3) is 7.05. The monoisotopic (exact) mass is 186 g/mol. The van der Waals surface area contributed by atoms with Crippen LogP contribution in [0.15, 0.2) is 0 Å². The van der Waals surface area contributed by atoms with E-state index in [0.29, 0.717) is 0 Å². The van der Waals surface area contributed by atoms with Crippen LogP contribution in [0.1, 0.15) is 20.8 Å². The highest BCUT2D eigenvalue weighted by Gasteiger charge is 2.27. The van der Waals surface area contributed by atoms with Crippen LogP contribution in [0.3, 0.4) is 0 Å². The fraction of sp³-hybridized carbons (Fsp3) is 0.571. The summed E-state index contributed by atoms with van der Waals surface area (Å²) < 4.78 is 9.14. The van der Waals surface area contributed by atoms with Crippen LogP contribution in [-0.4, -0.2) is 24.8 Å². The maximum absolute atomic E-state index is 10.6. The first-order valence-corrected chi connectivity index (χ1v) is 3.75. The predicted molar refractivity (Wildman–Crippen MR) is 44.8 cm³/mol. The highest BCUT2D eigenvalue weighted by molar-refractivity contribution is 6.53. The van der Waals surface area contributed by atoms with E-state index in [9.17, 15) is 14.4 Å². The molecule has 0 saturated carbocycles. The third-order valence-electron chi connectivity index (χ3n) is 1.05. The molecule has 0 aliphatic heterocycles. The molecule has 0 aromatic rings. The van der Waals surface area contributed by atoms with Gasteiger partial charge in [-0.05, 0) is 6.92 Å². The van der Waals surface area contributed by atoms with Gasteiger partial charge in [0.1, 0.15) is 5.78 Å². The number of carbonyl (C=O) groups excluding carboxylic acids is 3. The molecule has 6 heteroatoms. The highest BCUT2D eigenvalue weighted by atomic mass is 16.6. The summed E-state index contributed by atoms with van der Waals surface area (Å²) in [7, 11) is -1.09. The summed E-state index contributed by atoms with van der Waals surface area (Å²) in [5.74, 6) is -1.40. The van der Waals surface area contributed by atoms with Gasteiger partial charge in [0.05, 0.1) is 6.32 Å². The molecule has 0 aliphatic carbocycles. The second kappa shape index (κ2) is 5.34. The lowest BCUT2D eigenvalue weighted by Gasteiger charge is -2.09. The molecular formula is C7H11BO5. The topological polar surface area (TPSA) is 69.7 Å². The van der Waals surface area contributed by atoms with E-state index in [4.69, 9.17) is 0 Å². The lowest BCUT2D eigenvalue weighted by molar-refractivity contribution is -0.137. The Bertz CT molecular complexity index is 187. The van der Waals surface area contributed by atoms with E-state index in [1.54, 1.807) is 0 Å². The second-order valence-corrected chi connectivity index (χ2v) is 2.55. The predicted octanol–water partition coefficient (Wildman–Crippen LogP) is 0.190. The summed E-state index contributed by atoms with van der Waals surface area (Å²) in [4.78, 5) is 31.6. The van der Waals surface area contributed by atoms with E-state index in [1.807, 2.05) is 0 Å². The van der Waals surface area contributed by atoms with Gasteiger partial charge in [0.2, 0.25) is 0 Å². The SMILES string of the molecule is CC(=O)CB(OC(C)=O)OC(C)=O. The molecule has 0 spiro atoms. The molecule has 0 saturated heterocycles. The fourth-order valence-electron chi connectivity index (χ4n) is 0.712. The molecule has 13 heavy (non-hydrogen) atoms. The Morgan fingerprint density at radius 2 is 1.38 bits per heavy atom. The minimum absolute atomic E-state index is 0.112. The van der Waals surface area contributed by atoms with Crippen LogP contribution in [0.4, 0.5) is 0 Å². The Morgan fingerprint density at radius 1 is 1.00 bits per heavy atom. The highest BCUT2D eigenvalue weighted by Crippen LogP contribution is 1.99. The summed E-state index contributed by atoms with van der Waals surface area (Å²) >= 11 is 0. The molecule has 0 aromatic heterocycles. The van der Waals surface area contributed by atoms with Gasteiger partial charge in [-0.2, -0.15) is 0 Å². The molecule has 0 atom stereocenters. The summed E-state index contributed by atoms with van der Waals surface area (Å²) in [6.07, 6.45) is -0.112. The first-order valence-electron chi connectivity index (χ1n) is 3.75. The molecule has 0 heterocycles. The van der Waals surface area contributed by atoms with Crippen LogP contribution in [-0.2, 0) is 23.7 Å². The summed E-state index contributed by atoms with van der Waals surface area (Å²) in [5, 5.41) is 0. The minimum Gasteiger partial charge on any atom is -0.499 e. The summed E-state index contributed by atoms with van der Waals surface area (Å²) in [6, 6.07) is 0. The maximum atomic E-state index is 10.6. The van der Waals surface area contributed by atoms with E-state index >= 15 is 0 Å². The van der Waals surface area contributed by atoms with Crippen LogP contribution in [0.2, 0.25) is 6.32 Å². The van der Waals surface area contributed by atoms with Crippen LogP contribution in [0.25, 0.3) is 0 Å². The number of hydrogen-bond donors (Lipinski definition) is 0. The lowest BCUT2D eigenvalue weighted by atomic mass is 9.82. The number of ketones is 1. The molecule has 0 unspecified atom stereocenters. The van der Waals surface area contributed by atoms with Gasteiger partial charge < -0.3 is 14.1 Å². The Morgan fingerprint density at radius 3 is 1.62 bits per heavy atom. The van der Waals surface area contributed by atoms with Crippen molar-refractivity contribution >= 4 is 24.8 Å². The Balaban J connectivity index is 4.10. The van der Waals surface area contributed by atoms with Gasteiger partial charge in [-0.15, -0.1) is 0 Å². The van der Waals surface area contributed by atoms with Gasteiger partial charge in [0.15, 0.2) is 0 Å². The first kappa shape index (κ1) is 11.7. The number of Topliss-reactive ketones (excluding diaryl/α,β-unsaturated/α-hetero) is 1. The number of hydrogen-bond acceptors (Lipinski definition) is 5. The van der Waals surface area contributed by atoms with Crippen LogP contribution in [0, 0.1) is 0 Å². The standard InChI is InChI=1S/C7H11BO5/c1-5(9)4-8(12-6(2)10)13-7(3)11/h4H2,1-3H3. The zero-order valence-corrected chi connectivity index (χ0v) is 7.83. The molecule has 0 amide bonds. The zero-order valence-electron chi connectivity index (χ0n) is 7.83. The van der Waals surface area contributed by atoms with Gasteiger partial charge in [-0.25, -0.2) is 0 Å². The van der Waals surface area contributed by atoms with Crippen molar-refractivity contribution in [2.75, 3.05) is 0 Å². The minimum atomic E-state index is -1.09. The van der Waals surface area contributed by atoms with E-state index in [-0.39, 0.29) is 12.1 Å². The Hall–Kier alpha value is -1.33. The van der Waals surface area contributed by atoms with Crippen molar-refractivity contribution in [2.24, 2.45) is 0 Å². The van der Waals surface area contributed by atoms with Gasteiger partial charge in [0, 0.05) is 13.8 Å². The van der Waals surface area contributed by atoms with E-state index < -0.39 is 19.1 Å². The van der Waals surface area contributed by atoms with Crippen molar-refractivity contribution in [1.82, 2.24) is 0 Å². The Labute approximate surface area is 76.5 Å². The third-order valence-corrected chi connectivity index (χ3v) is 1.05. The molecule has 0 aromatic carbocycles. The van der Waals surface area contributed by atoms with Crippen molar-refractivity contribution < 1.29 is 23.7 Å². The van der Waals surface area contributed by atoms with Gasteiger partial charge in [-0.1, -0.05) is 0 Å². The van der Waals surface area contributed by atoms with Gasteiger partial charge >= 0.3 is 7.12 Å². The van der Waals surface area contributed by atoms with Gasteiger partial charge in [-0.3, -0.25) is 9.59 Å². The van der Waals surface area contributed by atoms with Crippen molar-refractivity contribution in [1.29, 1.82) is 0 Å². The van der Waals surface area contributed by atoms with Crippen LogP contribution >= 0.6 is 0 Å². The quantitative estimate of drug-likeness (QED) is 0.586. The van der Waals surface area contributed by atoms with E-state index in [2.05, 4.69) is 9.31 Å². The summed E-state index contributed by atoms with van der Waals surface area (Å²) in [6.45, 7) is 3.67. The van der Waals surface area contributed by atoms with E-state index in [1.165, 1.54) is 20.8 Å². The molecule has 0 radical (unpaired) electrons. The average molecular weight is 186 g/mol. The molecule has 0 N–H and O–H groups in total. The van der Waals surface area contributed by atoms with Crippen LogP contribution < -0.4 is 0 Å². The molecule has 5 nitrogen and oxygen atoms in total. The average Bonchev–Trinajstić information content (AvgIpc) is 1.80. The molecule has 0 aliphatic rings. The number of rotatable bonds is 4. The smallest absolute Gasteiger partial charge is 0.499 e. The molecule has 72 valence electrons. The van der Waals surface area contributed by atoms with Crippen molar-refractivity contribution in [3.05, 3.63) is 0 Å². The number of carbonyl (C=O) groups is 3. The Kier molecular flexibility index (Phi) is 4.80. The largest absolute Gasteiger partial charge is 0.606 e. The molecule has 0 fully saturated rings. The summed E-state index contributed by atoms with van der Waals surface area (Å²) in [5.41, 5.74) is 0. The molecule has 0 rings (SSSR count). The van der Waals surface area contributed by atoms with Crippen molar-refractivity contribution in [3.8, 4) is 0 Å². The van der Waals surface area contributed by atoms with Crippen molar-refractivity contribution in [2.45, 2.75) is 27.1 Å². The second-order valence-electron chi connectivity index (χ2n) is 2.55. The zero-order chi connectivity index (χ0) is 10.4. The lowest BCUT2D eigenvalue weighted by Crippen LogP contribution is -2.29. The normalized spacial score (nSPS) is 8.85. The van der Waals surface area contributed by atoms with E-state index in [0.717, 1.165) is 0 Å². The first-order chi connectivity index (χ1) is 5.91. The molecular weight excluding hydrogens is 175 g/mol. The maximum Gasteiger partial charge on any atom is 0.606 e. The fourth-order valence-corrected chi connectivity index (χ4v) is 0.712. The molecule has 0 bridgehead atoms. The van der Waals surface area contributed by atoms with Crippen molar-refractivity contribution in [3.63, 3.8) is 0 Å². The van der Waals surface area contributed by atoms with Crippen LogP contribution in [0.5, 0.6) is 0 Å². The van der Waals surface area contributed by atoms with Gasteiger partial charge in [0.25, 0.3) is 11.9 Å².